The van der Waals surface area contributed by atoms with E-state index in [1.807, 2.05) is 12.2 Å². The summed E-state index contributed by atoms with van der Waals surface area (Å²) in [6.45, 7) is 22.8. The zero-order valence-electron chi connectivity index (χ0n) is 33.6. The van der Waals surface area contributed by atoms with Crippen LogP contribution >= 0.6 is 24.8 Å². The second-order valence-corrected chi connectivity index (χ2v) is 18.0. The van der Waals surface area contributed by atoms with E-state index in [1.165, 1.54) is 105 Å². The second-order valence-electron chi connectivity index (χ2n) is 16.2. The Morgan fingerprint density at radius 1 is 0.673 bits per heavy atom. The van der Waals surface area contributed by atoms with Crippen molar-refractivity contribution < 1.29 is 24.2 Å². The van der Waals surface area contributed by atoms with E-state index in [0.717, 1.165) is 12.8 Å². The summed E-state index contributed by atoms with van der Waals surface area (Å²) in [5.74, 6) is 0. The molecule has 0 N–H and O–H groups in total. The van der Waals surface area contributed by atoms with Crippen molar-refractivity contribution >= 4 is 28.0 Å². The van der Waals surface area contributed by atoms with Crippen LogP contribution in [-0.2, 0) is 41.5 Å². The van der Waals surface area contributed by atoms with Crippen LogP contribution in [0, 0.1) is 26.0 Å². The Morgan fingerprint density at radius 2 is 1.19 bits per heavy atom. The van der Waals surface area contributed by atoms with E-state index in [1.54, 1.807) is 27.4 Å². The average molecular weight is 813 g/mol. The molecule has 0 spiro atoms. The Hall–Kier alpha value is -2.31. The fourth-order valence-corrected chi connectivity index (χ4v) is 7.45. The molecule has 2 aliphatic carbocycles. The van der Waals surface area contributed by atoms with Crippen molar-refractivity contribution in [3.05, 3.63) is 130 Å². The smallest absolute Gasteiger partial charge is 0.0126 e. The molecule has 0 aromatic heterocycles. The van der Waals surface area contributed by atoms with Gasteiger partial charge in [0.1, 0.15) is 0 Å². The van der Waals surface area contributed by atoms with Crippen molar-refractivity contribution in [2.45, 2.75) is 131 Å². The predicted molar refractivity (Wildman–Crippen MR) is 231 cm³/mol. The molecule has 0 heterocycles. The van der Waals surface area contributed by atoms with Crippen LogP contribution in [0.2, 0.25) is 0 Å². The first-order valence-electron chi connectivity index (χ1n) is 18.9. The molecular weight excluding hydrogens is 751 g/mol. The molecule has 0 nitrogen and oxygen atoms in total. The Labute approximate surface area is 345 Å². The summed E-state index contributed by atoms with van der Waals surface area (Å²) < 4.78 is 1.79. The van der Waals surface area contributed by atoms with Gasteiger partial charge in [-0.1, -0.05) is 130 Å². The van der Waals surface area contributed by atoms with Crippen LogP contribution in [0.3, 0.4) is 0 Å². The zero-order chi connectivity index (χ0) is 36.5. The molecule has 0 saturated heterocycles. The van der Waals surface area contributed by atoms with Crippen LogP contribution in [0.5, 0.6) is 0 Å². The van der Waals surface area contributed by atoms with Crippen molar-refractivity contribution in [2.24, 2.45) is 0 Å². The van der Waals surface area contributed by atoms with Crippen molar-refractivity contribution in [2.75, 3.05) is 0 Å². The van der Waals surface area contributed by atoms with E-state index in [2.05, 4.69) is 154 Å². The Kier molecular flexibility index (Phi) is 18.5. The summed E-state index contributed by atoms with van der Waals surface area (Å²) in [7, 11) is 0. The van der Waals surface area contributed by atoms with Crippen LogP contribution in [-0.4, -0.2) is 3.21 Å². The number of halogens is 2. The number of fused-ring (bicyclic) bond motifs is 3. The van der Waals surface area contributed by atoms with Crippen LogP contribution in [0.25, 0.3) is 33.4 Å². The fraction of sp³-hybridized carbons (Fsp3) is 0.408. The number of benzene rings is 4. The molecule has 52 heavy (non-hydrogen) atoms. The normalized spacial score (nSPS) is 12.4. The predicted octanol–water partition coefficient (Wildman–Crippen LogP) is 14.8. The maximum atomic E-state index is 3.91. The van der Waals surface area contributed by atoms with E-state index in [0.29, 0.717) is 0 Å². The molecule has 2 aliphatic rings. The van der Waals surface area contributed by atoms with Gasteiger partial charge in [0.2, 0.25) is 0 Å². The van der Waals surface area contributed by atoms with Gasteiger partial charge in [0.05, 0.1) is 0 Å². The third-order valence-corrected chi connectivity index (χ3v) is 10.9. The zero-order valence-corrected chi connectivity index (χ0v) is 37.6. The summed E-state index contributed by atoms with van der Waals surface area (Å²) in [5.41, 5.74) is 16.1. The SMILES string of the molecule is CCCC[C](=[Zr+2])CCCC.Cc1ccc(-c2[c-]c3c(cc2C(C)(C)C)-c2cc(C(C)(C)C)c(-c4ccc(C)cc4)cc2C3)cc1.Cl.Cl.[C-]1=CC=CC1. The topological polar surface area (TPSA) is 0 Å². The van der Waals surface area contributed by atoms with E-state index in [4.69, 9.17) is 0 Å². The fourth-order valence-electron chi connectivity index (χ4n) is 6.58. The van der Waals surface area contributed by atoms with Crippen LogP contribution in [0.15, 0.2) is 85.0 Å². The molecule has 0 unspecified atom stereocenters. The van der Waals surface area contributed by atoms with Gasteiger partial charge in [-0.15, -0.1) is 60.1 Å². The van der Waals surface area contributed by atoms with Crippen LogP contribution in [0.4, 0.5) is 0 Å². The third kappa shape index (κ3) is 12.6. The maximum Gasteiger partial charge on any atom is -0.0126 e. The number of hydrogen-bond donors (Lipinski definition) is 0. The molecule has 4 aromatic rings. The van der Waals surface area contributed by atoms with E-state index in [-0.39, 0.29) is 35.6 Å². The molecule has 3 heteroatoms. The Bertz CT molecular complexity index is 1660. The molecule has 4 aromatic carbocycles. The molecule has 6 rings (SSSR count). The summed E-state index contributed by atoms with van der Waals surface area (Å²) in [6, 6.07) is 29.2. The van der Waals surface area contributed by atoms with Gasteiger partial charge in [-0.3, -0.25) is 6.08 Å². The minimum atomic E-state index is 0. The molecule has 0 aliphatic heterocycles. The van der Waals surface area contributed by atoms with Gasteiger partial charge >= 0.3 is 79.8 Å². The number of hydrogen-bond acceptors (Lipinski definition) is 0. The van der Waals surface area contributed by atoms with Gasteiger partial charge in [0.15, 0.2) is 0 Å². The Morgan fingerprint density at radius 3 is 1.63 bits per heavy atom. The van der Waals surface area contributed by atoms with E-state index in [9.17, 15) is 0 Å². The number of aryl methyl sites for hydroxylation is 2. The summed E-state index contributed by atoms with van der Waals surface area (Å²) in [4.78, 5) is 0. The second kappa shape index (κ2) is 21.0. The number of rotatable bonds is 8. The molecule has 0 atom stereocenters. The van der Waals surface area contributed by atoms with Gasteiger partial charge in [0.25, 0.3) is 0 Å². The molecule has 0 bridgehead atoms. The van der Waals surface area contributed by atoms with Gasteiger partial charge in [-0.05, 0) is 53.4 Å². The van der Waals surface area contributed by atoms with Crippen LogP contribution in [0.1, 0.15) is 134 Å². The largest absolute Gasteiger partial charge is 0.273 e. The first-order valence-corrected chi connectivity index (χ1v) is 20.1. The third-order valence-electron chi connectivity index (χ3n) is 9.63. The molecule has 0 fully saturated rings. The summed E-state index contributed by atoms with van der Waals surface area (Å²) in [5, 5.41) is 0. The van der Waals surface area contributed by atoms with E-state index < -0.39 is 0 Å². The summed E-state index contributed by atoms with van der Waals surface area (Å²) in [6.07, 6.45) is 19.3. The van der Waals surface area contributed by atoms with Crippen molar-refractivity contribution in [3.8, 4) is 33.4 Å². The van der Waals surface area contributed by atoms with Crippen LogP contribution < -0.4 is 0 Å². The maximum absolute atomic E-state index is 3.91. The minimum absolute atomic E-state index is 0. The summed E-state index contributed by atoms with van der Waals surface area (Å²) >= 11 is 1.67. The van der Waals surface area contributed by atoms with Crippen molar-refractivity contribution in [3.63, 3.8) is 0 Å². The first kappa shape index (κ1) is 45.8. The minimum Gasteiger partial charge on any atom is -0.273 e. The molecule has 0 radical (unpaired) electrons. The van der Waals surface area contributed by atoms with Crippen molar-refractivity contribution in [1.29, 1.82) is 0 Å². The Balaban J connectivity index is 0.000000462. The van der Waals surface area contributed by atoms with Gasteiger partial charge in [0, 0.05) is 0 Å². The van der Waals surface area contributed by atoms with E-state index >= 15 is 0 Å². The van der Waals surface area contributed by atoms with Gasteiger partial charge < -0.3 is 0 Å². The standard InChI is InChI=1S/C35H37.C9H18.C5H5.2ClH.Zr/c1-22-9-13-24(14-10-22)30-18-26-17-27-19-31(25-15-11-23(2)12-16-25)33(35(6,7)8)21-29(27)28(26)20-32(30)34(3,4)5;1-3-5-7-9-8-6-4-2;1-2-4-5-3-1;;;/h9-16,18,20-21H,17H2,1-8H3;3-8H2,1-2H3;1-3H,4H2;2*1H;/q-1;;-1;;;+2. The monoisotopic (exact) mass is 810 g/mol. The molecule has 0 saturated carbocycles. The van der Waals surface area contributed by atoms with Crippen molar-refractivity contribution in [1.82, 2.24) is 0 Å². The number of allylic oxidation sites excluding steroid dienone is 4. The molecular formula is C49H62Cl2Zr. The first-order chi connectivity index (χ1) is 23.7. The molecule has 276 valence electrons. The van der Waals surface area contributed by atoms with Gasteiger partial charge in [-0.2, -0.15) is 6.08 Å². The van der Waals surface area contributed by atoms with Gasteiger partial charge in [-0.25, -0.2) is 12.2 Å². The number of unbranched alkanes of at least 4 members (excludes halogenated alkanes) is 2. The quantitative estimate of drug-likeness (QED) is 0.137. The average Bonchev–Trinajstić information content (AvgIpc) is 3.77. The molecule has 0 amide bonds.